The molecule has 0 spiro atoms. The van der Waals surface area contributed by atoms with Crippen LogP contribution in [0.1, 0.15) is 25.3 Å². The van der Waals surface area contributed by atoms with Crippen molar-refractivity contribution in [3.63, 3.8) is 0 Å². The number of amides is 1. The van der Waals surface area contributed by atoms with Crippen molar-refractivity contribution in [2.45, 2.75) is 38.1 Å². The Morgan fingerprint density at radius 1 is 1.48 bits per heavy atom. The van der Waals surface area contributed by atoms with E-state index in [0.717, 1.165) is 25.0 Å². The molecular formula is C18H20F3N3O3. The zero-order valence-corrected chi connectivity index (χ0v) is 14.7. The normalized spacial score (nSPS) is 18.4. The number of carbonyl (C=O) groups excluding carboxylic acids is 1. The zero-order valence-electron chi connectivity index (χ0n) is 14.7. The molecule has 1 saturated heterocycles. The van der Waals surface area contributed by atoms with Gasteiger partial charge >= 0.3 is 6.18 Å². The molecular weight excluding hydrogens is 363 g/mol. The summed E-state index contributed by atoms with van der Waals surface area (Å²) in [7, 11) is 0. The fourth-order valence-corrected chi connectivity index (χ4v) is 2.76. The van der Waals surface area contributed by atoms with Crippen LogP contribution in [-0.4, -0.2) is 41.1 Å². The van der Waals surface area contributed by atoms with Crippen LogP contribution in [-0.2, 0) is 20.4 Å². The molecule has 2 heterocycles. The number of alkyl halides is 3. The summed E-state index contributed by atoms with van der Waals surface area (Å²) >= 11 is 0. The lowest BCUT2D eigenvalue weighted by atomic mass is 10.1. The maximum absolute atomic E-state index is 13.1. The van der Waals surface area contributed by atoms with Gasteiger partial charge < -0.3 is 14.8 Å². The highest BCUT2D eigenvalue weighted by molar-refractivity contribution is 5.95. The highest BCUT2D eigenvalue weighted by atomic mass is 19.4. The molecule has 2 atom stereocenters. The average Bonchev–Trinajstić information content (AvgIpc) is 3.32. The van der Waals surface area contributed by atoms with Crippen LogP contribution in [0.25, 0.3) is 5.69 Å². The van der Waals surface area contributed by atoms with Gasteiger partial charge in [-0.25, -0.2) is 4.68 Å². The Morgan fingerprint density at radius 2 is 2.30 bits per heavy atom. The second kappa shape index (κ2) is 8.10. The van der Waals surface area contributed by atoms with E-state index < -0.39 is 23.8 Å². The standard InChI is InChI=1S/C18H20F3N3O3/c1-12(27-11-14-4-2-9-26-14)17(25)23-15-10-13(18(19,20)21)5-6-16(15)24-8-3-7-22-24/h3,5-8,10,12,14H,2,4,9,11H2,1H3,(H,23,25). The lowest BCUT2D eigenvalue weighted by molar-refractivity contribution is -0.137. The van der Waals surface area contributed by atoms with Crippen molar-refractivity contribution in [2.24, 2.45) is 0 Å². The quantitative estimate of drug-likeness (QED) is 0.830. The number of hydrogen-bond acceptors (Lipinski definition) is 4. The van der Waals surface area contributed by atoms with Crippen LogP contribution in [0, 0.1) is 0 Å². The molecule has 3 rings (SSSR count). The number of ether oxygens (including phenoxy) is 2. The van der Waals surface area contributed by atoms with Crippen LogP contribution in [0.2, 0.25) is 0 Å². The zero-order chi connectivity index (χ0) is 19.4. The SMILES string of the molecule is CC(OCC1CCCO1)C(=O)Nc1cc(C(F)(F)F)ccc1-n1cccn1. The lowest BCUT2D eigenvalue weighted by Crippen LogP contribution is -2.31. The number of nitrogens with one attached hydrogen (secondary N) is 1. The van der Waals surface area contributed by atoms with Gasteiger partial charge in [-0.05, 0) is 44.0 Å². The van der Waals surface area contributed by atoms with Crippen molar-refractivity contribution in [1.29, 1.82) is 0 Å². The van der Waals surface area contributed by atoms with Crippen molar-refractivity contribution in [3.8, 4) is 5.69 Å². The smallest absolute Gasteiger partial charge is 0.376 e. The van der Waals surface area contributed by atoms with E-state index in [0.29, 0.717) is 12.3 Å². The molecule has 0 bridgehead atoms. The second-order valence-corrected chi connectivity index (χ2v) is 6.28. The summed E-state index contributed by atoms with van der Waals surface area (Å²) < 4.78 is 51.5. The van der Waals surface area contributed by atoms with Crippen LogP contribution in [0.15, 0.2) is 36.7 Å². The molecule has 146 valence electrons. The van der Waals surface area contributed by atoms with Crippen LogP contribution < -0.4 is 5.32 Å². The fourth-order valence-electron chi connectivity index (χ4n) is 2.76. The highest BCUT2D eigenvalue weighted by Crippen LogP contribution is 2.33. The number of hydrogen-bond donors (Lipinski definition) is 1. The third-order valence-electron chi connectivity index (χ3n) is 4.26. The second-order valence-electron chi connectivity index (χ2n) is 6.28. The number of carbonyl (C=O) groups is 1. The Morgan fingerprint density at radius 3 is 2.93 bits per heavy atom. The first kappa shape index (κ1) is 19.4. The van der Waals surface area contributed by atoms with Gasteiger partial charge in [0.2, 0.25) is 0 Å². The molecule has 2 aromatic rings. The Labute approximate surface area is 154 Å². The molecule has 1 aliphatic heterocycles. The molecule has 2 unspecified atom stereocenters. The number of rotatable bonds is 6. The first-order chi connectivity index (χ1) is 12.8. The van der Waals surface area contributed by atoms with Crippen molar-refractivity contribution < 1.29 is 27.4 Å². The van der Waals surface area contributed by atoms with Crippen molar-refractivity contribution in [3.05, 3.63) is 42.2 Å². The van der Waals surface area contributed by atoms with Crippen molar-refractivity contribution >= 4 is 11.6 Å². The third-order valence-corrected chi connectivity index (χ3v) is 4.26. The topological polar surface area (TPSA) is 65.4 Å². The van der Waals surface area contributed by atoms with Crippen LogP contribution in [0.5, 0.6) is 0 Å². The molecule has 9 heteroatoms. The first-order valence-electron chi connectivity index (χ1n) is 8.60. The molecule has 1 amide bonds. The maximum Gasteiger partial charge on any atom is 0.416 e. The number of anilines is 1. The molecule has 0 saturated carbocycles. The Bertz CT molecular complexity index is 772. The van der Waals surface area contributed by atoms with Gasteiger partial charge in [-0.1, -0.05) is 0 Å². The molecule has 0 radical (unpaired) electrons. The van der Waals surface area contributed by atoms with Gasteiger partial charge in [-0.3, -0.25) is 4.79 Å². The van der Waals surface area contributed by atoms with E-state index in [4.69, 9.17) is 9.47 Å². The van der Waals surface area contributed by atoms with E-state index in [1.807, 2.05) is 0 Å². The number of aromatic nitrogens is 2. The van der Waals surface area contributed by atoms with Gasteiger partial charge in [0, 0.05) is 19.0 Å². The monoisotopic (exact) mass is 383 g/mol. The number of nitrogens with zero attached hydrogens (tertiary/aromatic N) is 2. The van der Waals surface area contributed by atoms with E-state index >= 15 is 0 Å². The predicted octanol–water partition coefficient (Wildman–Crippen LogP) is 3.41. The maximum atomic E-state index is 13.1. The summed E-state index contributed by atoms with van der Waals surface area (Å²) in [6.45, 7) is 2.49. The molecule has 0 aliphatic carbocycles. The van der Waals surface area contributed by atoms with Gasteiger partial charge in [0.25, 0.3) is 5.91 Å². The van der Waals surface area contributed by atoms with Crippen LogP contribution in [0.4, 0.5) is 18.9 Å². The summed E-state index contributed by atoms with van der Waals surface area (Å²) in [5.74, 6) is -0.541. The molecule has 6 nitrogen and oxygen atoms in total. The van der Waals surface area contributed by atoms with Gasteiger partial charge in [0.15, 0.2) is 0 Å². The van der Waals surface area contributed by atoms with Crippen LogP contribution in [0.3, 0.4) is 0 Å². The van der Waals surface area contributed by atoms with Gasteiger partial charge in [0.1, 0.15) is 6.10 Å². The molecule has 1 aromatic carbocycles. The largest absolute Gasteiger partial charge is 0.416 e. The van der Waals surface area contributed by atoms with E-state index in [9.17, 15) is 18.0 Å². The van der Waals surface area contributed by atoms with Gasteiger partial charge in [-0.15, -0.1) is 0 Å². The van der Waals surface area contributed by atoms with E-state index in [1.165, 1.54) is 16.9 Å². The molecule has 1 aliphatic rings. The first-order valence-corrected chi connectivity index (χ1v) is 8.60. The van der Waals surface area contributed by atoms with Crippen molar-refractivity contribution in [1.82, 2.24) is 9.78 Å². The fraction of sp³-hybridized carbons (Fsp3) is 0.444. The molecule has 1 aromatic heterocycles. The lowest BCUT2D eigenvalue weighted by Gasteiger charge is -2.18. The number of halogens is 3. The molecule has 1 N–H and O–H groups in total. The number of benzene rings is 1. The predicted molar refractivity (Wildman–Crippen MR) is 91.6 cm³/mol. The van der Waals surface area contributed by atoms with E-state index in [1.54, 1.807) is 19.2 Å². The Hall–Kier alpha value is -2.39. The minimum Gasteiger partial charge on any atom is -0.376 e. The minimum atomic E-state index is -4.52. The van der Waals surface area contributed by atoms with Gasteiger partial charge in [-0.2, -0.15) is 18.3 Å². The van der Waals surface area contributed by atoms with Crippen LogP contribution >= 0.6 is 0 Å². The Kier molecular flexibility index (Phi) is 5.81. The van der Waals surface area contributed by atoms with E-state index in [-0.39, 0.29) is 18.4 Å². The summed E-state index contributed by atoms with van der Waals surface area (Å²) in [6, 6.07) is 4.74. The minimum absolute atomic E-state index is 0.00564. The van der Waals surface area contributed by atoms with Gasteiger partial charge in [0.05, 0.1) is 29.6 Å². The average molecular weight is 383 g/mol. The summed E-state index contributed by atoms with van der Waals surface area (Å²) in [5, 5.41) is 6.54. The molecule has 1 fully saturated rings. The summed E-state index contributed by atoms with van der Waals surface area (Å²) in [6.07, 6.45) is -0.518. The third kappa shape index (κ3) is 4.86. The van der Waals surface area contributed by atoms with E-state index in [2.05, 4.69) is 10.4 Å². The van der Waals surface area contributed by atoms with Crippen molar-refractivity contribution in [2.75, 3.05) is 18.5 Å². The summed E-state index contributed by atoms with van der Waals surface area (Å²) in [5.41, 5.74) is -0.527. The highest BCUT2D eigenvalue weighted by Gasteiger charge is 2.31. The Balaban J connectivity index is 1.75. The summed E-state index contributed by atoms with van der Waals surface area (Å²) in [4.78, 5) is 12.4. The molecule has 27 heavy (non-hydrogen) atoms.